The number of thiocarbonyl (C=S) groups is 1. The topological polar surface area (TPSA) is 89.3 Å². The van der Waals surface area contributed by atoms with Gasteiger partial charge in [-0.25, -0.2) is 4.98 Å². The number of hydrogen-bond acceptors (Lipinski definition) is 4. The van der Waals surface area contributed by atoms with Crippen molar-refractivity contribution in [2.75, 3.05) is 5.73 Å². The van der Waals surface area contributed by atoms with Crippen molar-refractivity contribution >= 4 is 29.2 Å². The van der Waals surface area contributed by atoms with Gasteiger partial charge in [0.05, 0.1) is 17.6 Å². The zero-order valence-electron chi connectivity index (χ0n) is 10.1. The Labute approximate surface area is 116 Å². The second kappa shape index (κ2) is 5.92. The highest BCUT2D eigenvalue weighted by Crippen LogP contribution is 2.19. The van der Waals surface area contributed by atoms with Crippen molar-refractivity contribution in [3.05, 3.63) is 48.2 Å². The van der Waals surface area contributed by atoms with Crippen molar-refractivity contribution in [3.8, 4) is 11.3 Å². The number of anilines is 1. The van der Waals surface area contributed by atoms with Crippen molar-refractivity contribution in [2.45, 2.75) is 0 Å². The average Bonchev–Trinajstić information content (AvgIpc) is 2.39. The van der Waals surface area contributed by atoms with Crippen LogP contribution in [0.25, 0.3) is 11.3 Å². The van der Waals surface area contributed by atoms with Crippen LogP contribution in [0.4, 0.5) is 5.69 Å². The molecule has 0 saturated carbocycles. The van der Waals surface area contributed by atoms with Gasteiger partial charge in [0.25, 0.3) is 0 Å². The van der Waals surface area contributed by atoms with Gasteiger partial charge in [0.15, 0.2) is 5.11 Å². The molecule has 2 rings (SSSR count). The lowest BCUT2D eigenvalue weighted by molar-refractivity contribution is 1.04. The van der Waals surface area contributed by atoms with Crippen LogP contribution in [-0.2, 0) is 0 Å². The van der Waals surface area contributed by atoms with Gasteiger partial charge >= 0.3 is 0 Å². The van der Waals surface area contributed by atoms with E-state index in [0.717, 1.165) is 11.3 Å². The first-order valence-electron chi connectivity index (χ1n) is 5.56. The summed E-state index contributed by atoms with van der Waals surface area (Å²) in [4.78, 5) is 4.45. The van der Waals surface area contributed by atoms with Crippen LogP contribution in [0.5, 0.6) is 0 Å². The second-order valence-electron chi connectivity index (χ2n) is 3.81. The maximum Gasteiger partial charge on any atom is 0.184 e. The molecule has 0 aliphatic heterocycles. The number of pyridine rings is 1. The summed E-state index contributed by atoms with van der Waals surface area (Å²) < 4.78 is 0. The largest absolute Gasteiger partial charge is 0.399 e. The third kappa shape index (κ3) is 3.75. The van der Waals surface area contributed by atoms with Crippen LogP contribution in [-0.4, -0.2) is 16.3 Å². The minimum Gasteiger partial charge on any atom is -0.399 e. The van der Waals surface area contributed by atoms with Crippen LogP contribution < -0.4 is 16.9 Å². The minimum absolute atomic E-state index is 0.114. The van der Waals surface area contributed by atoms with E-state index in [4.69, 9.17) is 11.5 Å². The highest BCUT2D eigenvalue weighted by atomic mass is 32.1. The predicted octanol–water partition coefficient (Wildman–Crippen LogP) is 1.50. The molecule has 0 aliphatic rings. The Morgan fingerprint density at radius 3 is 2.79 bits per heavy atom. The van der Waals surface area contributed by atoms with Gasteiger partial charge in [-0.1, -0.05) is 18.2 Å². The van der Waals surface area contributed by atoms with Crippen LogP contribution >= 0.6 is 12.2 Å². The predicted molar refractivity (Wildman–Crippen MR) is 81.6 cm³/mol. The number of rotatable bonds is 3. The number of benzene rings is 1. The van der Waals surface area contributed by atoms with Crippen LogP contribution in [0.1, 0.15) is 5.69 Å². The van der Waals surface area contributed by atoms with Gasteiger partial charge < -0.3 is 11.5 Å². The van der Waals surface area contributed by atoms with Gasteiger partial charge in [-0.3, -0.25) is 5.43 Å². The van der Waals surface area contributed by atoms with Gasteiger partial charge in [0.2, 0.25) is 0 Å². The summed E-state index contributed by atoms with van der Waals surface area (Å²) >= 11 is 4.65. The number of hydrazone groups is 1. The number of nitrogens with two attached hydrogens (primary N) is 2. The third-order valence-corrected chi connectivity index (χ3v) is 2.42. The molecule has 19 heavy (non-hydrogen) atoms. The van der Waals surface area contributed by atoms with E-state index in [1.54, 1.807) is 6.21 Å². The summed E-state index contributed by atoms with van der Waals surface area (Å²) in [6.07, 6.45) is 1.55. The average molecular weight is 271 g/mol. The van der Waals surface area contributed by atoms with E-state index in [1.165, 1.54) is 0 Å². The number of nitrogen functional groups attached to an aromatic ring is 1. The quantitative estimate of drug-likeness (QED) is 0.341. The molecular weight excluding hydrogens is 258 g/mol. The fourth-order valence-corrected chi connectivity index (χ4v) is 1.60. The SMILES string of the molecule is NC(=S)N/N=C\c1cccc(-c2cccc(N)c2)n1. The minimum atomic E-state index is 0.114. The van der Waals surface area contributed by atoms with E-state index in [-0.39, 0.29) is 5.11 Å². The molecule has 1 aromatic heterocycles. The number of aromatic nitrogens is 1. The second-order valence-corrected chi connectivity index (χ2v) is 4.25. The summed E-state index contributed by atoms with van der Waals surface area (Å²) in [7, 11) is 0. The van der Waals surface area contributed by atoms with E-state index in [1.807, 2.05) is 42.5 Å². The maximum absolute atomic E-state index is 5.76. The molecule has 1 aromatic carbocycles. The summed E-state index contributed by atoms with van der Waals surface area (Å²) in [5, 5.41) is 3.98. The normalized spacial score (nSPS) is 10.5. The zero-order chi connectivity index (χ0) is 13.7. The van der Waals surface area contributed by atoms with Crippen molar-refractivity contribution < 1.29 is 0 Å². The Hall–Kier alpha value is -2.47. The fourth-order valence-electron chi connectivity index (χ4n) is 1.54. The van der Waals surface area contributed by atoms with Gasteiger partial charge in [-0.2, -0.15) is 5.10 Å². The summed E-state index contributed by atoms with van der Waals surface area (Å²) in [5.41, 5.74) is 16.7. The molecule has 0 aliphatic carbocycles. The van der Waals surface area contributed by atoms with Crippen LogP contribution in [0.15, 0.2) is 47.6 Å². The Kier molecular flexibility index (Phi) is 4.04. The van der Waals surface area contributed by atoms with Gasteiger partial charge in [-0.05, 0) is 36.5 Å². The van der Waals surface area contributed by atoms with E-state index in [9.17, 15) is 0 Å². The van der Waals surface area contributed by atoms with Crippen molar-refractivity contribution in [1.82, 2.24) is 10.4 Å². The first kappa shape index (κ1) is 13.0. The van der Waals surface area contributed by atoms with E-state index in [2.05, 4.69) is 27.7 Å². The highest BCUT2D eigenvalue weighted by Gasteiger charge is 2.00. The third-order valence-electron chi connectivity index (χ3n) is 2.32. The van der Waals surface area contributed by atoms with Crippen LogP contribution in [0, 0.1) is 0 Å². The smallest absolute Gasteiger partial charge is 0.184 e. The lowest BCUT2D eigenvalue weighted by atomic mass is 10.1. The molecule has 0 amide bonds. The molecule has 5 nitrogen and oxygen atoms in total. The molecule has 96 valence electrons. The number of nitrogens with one attached hydrogen (secondary N) is 1. The standard InChI is InChI=1S/C13H13N5S/c14-10-4-1-3-9(7-10)12-6-2-5-11(17-12)8-16-18-13(15)19/h1-8H,14H2,(H3,15,18,19)/b16-8-. The number of nitrogens with zero attached hydrogens (tertiary/aromatic N) is 2. The van der Waals surface area contributed by atoms with Crippen molar-refractivity contribution in [1.29, 1.82) is 0 Å². The molecule has 0 spiro atoms. The van der Waals surface area contributed by atoms with E-state index in [0.29, 0.717) is 11.4 Å². The van der Waals surface area contributed by atoms with Crippen molar-refractivity contribution in [3.63, 3.8) is 0 Å². The summed E-state index contributed by atoms with van der Waals surface area (Å²) in [6, 6.07) is 13.2. The summed E-state index contributed by atoms with van der Waals surface area (Å²) in [5.74, 6) is 0. The molecule has 0 radical (unpaired) electrons. The van der Waals surface area contributed by atoms with Crippen molar-refractivity contribution in [2.24, 2.45) is 10.8 Å². The Morgan fingerprint density at radius 2 is 2.05 bits per heavy atom. The molecule has 0 unspecified atom stereocenters. The molecule has 2 aromatic rings. The molecule has 6 heteroatoms. The molecule has 1 heterocycles. The van der Waals surface area contributed by atoms with Gasteiger partial charge in [0.1, 0.15) is 0 Å². The van der Waals surface area contributed by atoms with Gasteiger partial charge in [0, 0.05) is 11.3 Å². The molecule has 0 saturated heterocycles. The summed E-state index contributed by atoms with van der Waals surface area (Å²) in [6.45, 7) is 0. The maximum atomic E-state index is 5.76. The molecule has 5 N–H and O–H groups in total. The Morgan fingerprint density at radius 1 is 1.26 bits per heavy atom. The number of hydrogen-bond donors (Lipinski definition) is 3. The molecule has 0 fully saturated rings. The highest BCUT2D eigenvalue weighted by molar-refractivity contribution is 7.80. The molecule has 0 bridgehead atoms. The Balaban J connectivity index is 2.24. The lowest BCUT2D eigenvalue weighted by Gasteiger charge is -2.03. The first-order valence-corrected chi connectivity index (χ1v) is 5.97. The zero-order valence-corrected chi connectivity index (χ0v) is 10.9. The first-order chi connectivity index (χ1) is 9.15. The fraction of sp³-hybridized carbons (Fsp3) is 0. The van der Waals surface area contributed by atoms with Crippen LogP contribution in [0.3, 0.4) is 0 Å². The van der Waals surface area contributed by atoms with Gasteiger partial charge in [-0.15, -0.1) is 0 Å². The van der Waals surface area contributed by atoms with Crippen LogP contribution in [0.2, 0.25) is 0 Å². The lowest BCUT2D eigenvalue weighted by Crippen LogP contribution is -2.24. The van der Waals surface area contributed by atoms with E-state index < -0.39 is 0 Å². The van der Waals surface area contributed by atoms with E-state index >= 15 is 0 Å². The monoisotopic (exact) mass is 271 g/mol. The Bertz CT molecular complexity index is 624. The molecule has 0 atom stereocenters. The molecular formula is C13H13N5S.